The highest BCUT2D eigenvalue weighted by molar-refractivity contribution is 14.0. The average molecular weight is 486 g/mol. The van der Waals surface area contributed by atoms with Gasteiger partial charge in [0.15, 0.2) is 5.96 Å². The van der Waals surface area contributed by atoms with E-state index < -0.39 is 0 Å². The number of likely N-dealkylation sites (N-methyl/N-ethyl adjacent to an activating group) is 1. The van der Waals surface area contributed by atoms with Gasteiger partial charge in [-0.1, -0.05) is 18.2 Å². The fourth-order valence-corrected chi connectivity index (χ4v) is 3.82. The van der Waals surface area contributed by atoms with E-state index in [1.165, 1.54) is 18.4 Å². The standard InChI is InChI=1S/C21H34N4O.HI/c1-6-22-20(23-14-18(25(4)5)15-11-12-15)24-17-13-21(2,3)26-19-10-8-7-9-16(17)19;/h7-10,15,17-18H,6,11-14H2,1-5H3,(H2,22,23,24);1H. The molecule has 1 aromatic rings. The van der Waals surface area contributed by atoms with Crippen molar-refractivity contribution in [3.63, 3.8) is 0 Å². The van der Waals surface area contributed by atoms with Gasteiger partial charge in [0.2, 0.25) is 0 Å². The molecule has 0 spiro atoms. The molecule has 0 saturated heterocycles. The third kappa shape index (κ3) is 5.98. The van der Waals surface area contributed by atoms with E-state index in [2.05, 4.69) is 68.6 Å². The molecule has 2 N–H and O–H groups in total. The van der Waals surface area contributed by atoms with E-state index in [-0.39, 0.29) is 35.6 Å². The molecule has 1 saturated carbocycles. The number of hydrogen-bond donors (Lipinski definition) is 2. The molecule has 0 radical (unpaired) electrons. The van der Waals surface area contributed by atoms with E-state index in [1.807, 2.05) is 6.07 Å². The van der Waals surface area contributed by atoms with Crippen molar-refractivity contribution in [1.29, 1.82) is 0 Å². The number of para-hydroxylation sites is 1. The van der Waals surface area contributed by atoms with E-state index >= 15 is 0 Å². The number of rotatable bonds is 6. The Balaban J connectivity index is 0.00000261. The summed E-state index contributed by atoms with van der Waals surface area (Å²) in [6, 6.07) is 9.06. The summed E-state index contributed by atoms with van der Waals surface area (Å²) in [7, 11) is 4.33. The number of benzene rings is 1. The molecular weight excluding hydrogens is 451 g/mol. The molecule has 1 aromatic carbocycles. The van der Waals surface area contributed by atoms with Crippen LogP contribution in [-0.2, 0) is 0 Å². The molecule has 0 aromatic heterocycles. The van der Waals surface area contributed by atoms with Crippen molar-refractivity contribution in [3.8, 4) is 5.75 Å². The Bertz CT molecular complexity index is 641. The maximum absolute atomic E-state index is 6.15. The summed E-state index contributed by atoms with van der Waals surface area (Å²) in [6.07, 6.45) is 3.59. The summed E-state index contributed by atoms with van der Waals surface area (Å²) < 4.78 is 6.15. The smallest absolute Gasteiger partial charge is 0.191 e. The van der Waals surface area contributed by atoms with Gasteiger partial charge in [0, 0.05) is 24.6 Å². The fraction of sp³-hybridized carbons (Fsp3) is 0.667. The number of halogens is 1. The molecule has 152 valence electrons. The zero-order chi connectivity index (χ0) is 18.7. The van der Waals surface area contributed by atoms with Gasteiger partial charge in [0.25, 0.3) is 0 Å². The fourth-order valence-electron chi connectivity index (χ4n) is 3.82. The Morgan fingerprint density at radius 2 is 2.00 bits per heavy atom. The zero-order valence-corrected chi connectivity index (χ0v) is 19.6. The van der Waals surface area contributed by atoms with Gasteiger partial charge in [-0.25, -0.2) is 0 Å². The molecule has 27 heavy (non-hydrogen) atoms. The van der Waals surface area contributed by atoms with Crippen molar-refractivity contribution in [3.05, 3.63) is 29.8 Å². The van der Waals surface area contributed by atoms with Crippen LogP contribution in [-0.4, -0.2) is 49.7 Å². The first-order valence-electron chi connectivity index (χ1n) is 9.89. The minimum Gasteiger partial charge on any atom is -0.487 e. The molecule has 2 unspecified atom stereocenters. The third-order valence-electron chi connectivity index (χ3n) is 5.30. The number of aliphatic imine (C=N–C) groups is 1. The number of hydrogen-bond acceptors (Lipinski definition) is 3. The second-order valence-corrected chi connectivity index (χ2v) is 8.39. The van der Waals surface area contributed by atoms with Gasteiger partial charge in [0.1, 0.15) is 11.4 Å². The first kappa shape index (κ1) is 22.3. The predicted octanol–water partition coefficient (Wildman–Crippen LogP) is 3.80. The summed E-state index contributed by atoms with van der Waals surface area (Å²) in [4.78, 5) is 7.24. The Kier molecular flexibility index (Phi) is 7.80. The Labute approximate surface area is 181 Å². The highest BCUT2D eigenvalue weighted by Gasteiger charge is 2.35. The molecule has 1 heterocycles. The van der Waals surface area contributed by atoms with Gasteiger partial charge in [-0.2, -0.15) is 0 Å². The summed E-state index contributed by atoms with van der Waals surface area (Å²) in [6.45, 7) is 8.11. The Morgan fingerprint density at radius 1 is 1.30 bits per heavy atom. The Morgan fingerprint density at radius 3 is 2.63 bits per heavy atom. The van der Waals surface area contributed by atoms with Crippen LogP contribution in [0, 0.1) is 5.92 Å². The summed E-state index contributed by atoms with van der Waals surface area (Å²) in [5.74, 6) is 2.68. The first-order valence-corrected chi connectivity index (χ1v) is 9.89. The monoisotopic (exact) mass is 486 g/mol. The molecular formula is C21H35IN4O. The normalized spacial score (nSPS) is 22.3. The number of nitrogens with one attached hydrogen (secondary N) is 2. The number of guanidine groups is 1. The predicted molar refractivity (Wildman–Crippen MR) is 123 cm³/mol. The minimum atomic E-state index is -0.191. The first-order chi connectivity index (χ1) is 12.4. The quantitative estimate of drug-likeness (QED) is 0.365. The molecule has 6 heteroatoms. The van der Waals surface area contributed by atoms with Crippen molar-refractivity contribution >= 4 is 29.9 Å². The van der Waals surface area contributed by atoms with Crippen LogP contribution in [0.15, 0.2) is 29.3 Å². The lowest BCUT2D eigenvalue weighted by molar-refractivity contribution is 0.0694. The van der Waals surface area contributed by atoms with Crippen LogP contribution in [0.3, 0.4) is 0 Å². The SMILES string of the molecule is CCNC(=NCC(C1CC1)N(C)C)NC1CC(C)(C)Oc2ccccc21.I. The van der Waals surface area contributed by atoms with Crippen LogP contribution in [0.5, 0.6) is 5.75 Å². The van der Waals surface area contributed by atoms with Crippen LogP contribution >= 0.6 is 24.0 Å². The van der Waals surface area contributed by atoms with Crippen LogP contribution in [0.25, 0.3) is 0 Å². The molecule has 2 aliphatic rings. The lowest BCUT2D eigenvalue weighted by Crippen LogP contribution is -2.46. The molecule has 1 aliphatic carbocycles. The third-order valence-corrected chi connectivity index (χ3v) is 5.30. The van der Waals surface area contributed by atoms with Gasteiger partial charge < -0.3 is 20.3 Å². The second kappa shape index (κ2) is 9.45. The highest BCUT2D eigenvalue weighted by atomic mass is 127. The van der Waals surface area contributed by atoms with E-state index in [0.29, 0.717) is 6.04 Å². The maximum Gasteiger partial charge on any atom is 0.191 e. The van der Waals surface area contributed by atoms with E-state index in [1.54, 1.807) is 0 Å². The maximum atomic E-state index is 6.15. The van der Waals surface area contributed by atoms with Gasteiger partial charge in [0.05, 0.1) is 12.6 Å². The largest absolute Gasteiger partial charge is 0.487 e. The molecule has 0 bridgehead atoms. The van der Waals surface area contributed by atoms with Crippen LogP contribution < -0.4 is 15.4 Å². The minimum absolute atomic E-state index is 0. The molecule has 5 nitrogen and oxygen atoms in total. The van der Waals surface area contributed by atoms with Gasteiger partial charge in [-0.05, 0) is 59.7 Å². The van der Waals surface area contributed by atoms with E-state index in [0.717, 1.165) is 37.1 Å². The number of fused-ring (bicyclic) bond motifs is 1. The van der Waals surface area contributed by atoms with E-state index in [9.17, 15) is 0 Å². The van der Waals surface area contributed by atoms with Crippen molar-refractivity contribution in [2.75, 3.05) is 27.2 Å². The van der Waals surface area contributed by atoms with E-state index in [4.69, 9.17) is 9.73 Å². The van der Waals surface area contributed by atoms with Crippen molar-refractivity contribution < 1.29 is 4.74 Å². The lowest BCUT2D eigenvalue weighted by Gasteiger charge is -2.38. The summed E-state index contributed by atoms with van der Waals surface area (Å²) >= 11 is 0. The molecule has 1 fully saturated rings. The van der Waals surface area contributed by atoms with Crippen molar-refractivity contribution in [2.24, 2.45) is 10.9 Å². The summed E-state index contributed by atoms with van der Waals surface area (Å²) in [5, 5.41) is 7.08. The molecule has 3 rings (SSSR count). The van der Waals surface area contributed by atoms with Crippen LogP contribution in [0.4, 0.5) is 0 Å². The summed E-state index contributed by atoms with van der Waals surface area (Å²) in [5.41, 5.74) is 1.02. The average Bonchev–Trinajstić information content (AvgIpc) is 3.38. The lowest BCUT2D eigenvalue weighted by atomic mass is 9.90. The molecule has 0 amide bonds. The molecule has 1 aliphatic heterocycles. The van der Waals surface area contributed by atoms with Crippen molar-refractivity contribution in [1.82, 2.24) is 15.5 Å². The highest BCUT2D eigenvalue weighted by Crippen LogP contribution is 2.39. The number of nitrogens with zero attached hydrogens (tertiary/aromatic N) is 2. The zero-order valence-electron chi connectivity index (χ0n) is 17.3. The second-order valence-electron chi connectivity index (χ2n) is 8.39. The number of ether oxygens (including phenoxy) is 1. The van der Waals surface area contributed by atoms with Gasteiger partial charge >= 0.3 is 0 Å². The topological polar surface area (TPSA) is 48.9 Å². The molecule has 2 atom stereocenters. The van der Waals surface area contributed by atoms with Crippen LogP contribution in [0.2, 0.25) is 0 Å². The van der Waals surface area contributed by atoms with Crippen molar-refractivity contribution in [2.45, 2.75) is 57.7 Å². The van der Waals surface area contributed by atoms with Gasteiger partial charge in [-0.3, -0.25) is 4.99 Å². The van der Waals surface area contributed by atoms with Crippen LogP contribution in [0.1, 0.15) is 51.6 Å². The van der Waals surface area contributed by atoms with Gasteiger partial charge in [-0.15, -0.1) is 24.0 Å². The Hall–Kier alpha value is -1.02.